The lowest BCUT2D eigenvalue weighted by molar-refractivity contribution is -0.302. The lowest BCUT2D eigenvalue weighted by atomic mass is 9.99. The van der Waals surface area contributed by atoms with E-state index in [1.54, 1.807) is 0 Å². The van der Waals surface area contributed by atoms with Crippen LogP contribution >= 0.6 is 0 Å². The van der Waals surface area contributed by atoms with Crippen LogP contribution < -0.4 is 5.32 Å². The minimum Gasteiger partial charge on any atom is -0.394 e. The third kappa shape index (κ3) is 36.6. The van der Waals surface area contributed by atoms with Crippen molar-refractivity contribution in [2.45, 2.75) is 326 Å². The zero-order chi connectivity index (χ0) is 47.3. The normalized spacial score (nSPS) is 19.9. The molecule has 386 valence electrons. The molecule has 0 aromatic heterocycles. The fourth-order valence-corrected chi connectivity index (χ4v) is 9.34. The van der Waals surface area contributed by atoms with Crippen LogP contribution in [0.5, 0.6) is 0 Å². The zero-order valence-electron chi connectivity index (χ0n) is 42.8. The number of ether oxygens (including phenoxy) is 2. The smallest absolute Gasteiger partial charge is 0.220 e. The molecular formula is C56H109NO8. The quantitative estimate of drug-likeness (QED) is 0.0261. The molecule has 0 aromatic carbocycles. The number of aliphatic hydroxyl groups is 5. The van der Waals surface area contributed by atoms with Crippen LogP contribution in [-0.2, 0) is 14.3 Å². The van der Waals surface area contributed by atoms with E-state index >= 15 is 0 Å². The second-order valence-corrected chi connectivity index (χ2v) is 20.1. The van der Waals surface area contributed by atoms with Gasteiger partial charge in [-0.1, -0.05) is 251 Å². The monoisotopic (exact) mass is 924 g/mol. The van der Waals surface area contributed by atoms with Crippen molar-refractivity contribution in [2.24, 2.45) is 0 Å². The Kier molecular flexibility index (Phi) is 44.5. The fourth-order valence-electron chi connectivity index (χ4n) is 9.34. The Morgan fingerprint density at radius 1 is 0.508 bits per heavy atom. The molecule has 1 aliphatic rings. The summed E-state index contributed by atoms with van der Waals surface area (Å²) in [6.45, 7) is 3.87. The van der Waals surface area contributed by atoms with Crippen LogP contribution in [0, 0.1) is 0 Å². The standard InChI is InChI=1S/C56H109NO8/c1-3-5-7-9-11-13-15-17-19-20-21-22-23-24-25-26-27-28-29-30-32-34-36-38-40-42-44-46-52(60)57-49(48-64-56-55(63)54(62)53(61)51(47-58)65-56)50(59)45-43-41-39-37-35-33-31-18-16-14-12-10-8-6-4-2/h20-21,49-51,53-56,58-59,61-63H,3-19,22-48H2,1-2H3,(H,57,60)/b21-20-. The molecule has 0 spiro atoms. The van der Waals surface area contributed by atoms with Gasteiger partial charge in [0.05, 0.1) is 25.4 Å². The number of amides is 1. The number of nitrogens with one attached hydrogen (secondary N) is 1. The van der Waals surface area contributed by atoms with Crippen molar-refractivity contribution in [3.63, 3.8) is 0 Å². The van der Waals surface area contributed by atoms with Crippen LogP contribution in [-0.4, -0.2) is 87.5 Å². The van der Waals surface area contributed by atoms with E-state index in [0.717, 1.165) is 38.5 Å². The van der Waals surface area contributed by atoms with E-state index < -0.39 is 49.5 Å². The number of allylic oxidation sites excluding steroid dienone is 2. The highest BCUT2D eigenvalue weighted by Crippen LogP contribution is 2.23. The molecule has 1 saturated heterocycles. The van der Waals surface area contributed by atoms with Crippen molar-refractivity contribution in [1.29, 1.82) is 0 Å². The predicted molar refractivity (Wildman–Crippen MR) is 272 cm³/mol. The van der Waals surface area contributed by atoms with E-state index in [0.29, 0.717) is 12.8 Å². The molecule has 9 nitrogen and oxygen atoms in total. The van der Waals surface area contributed by atoms with Gasteiger partial charge in [-0.3, -0.25) is 4.79 Å². The summed E-state index contributed by atoms with van der Waals surface area (Å²) >= 11 is 0. The Bertz CT molecular complexity index is 1030. The first kappa shape index (κ1) is 61.9. The van der Waals surface area contributed by atoms with Gasteiger partial charge in [0.25, 0.3) is 0 Å². The highest BCUT2D eigenvalue weighted by atomic mass is 16.7. The maximum Gasteiger partial charge on any atom is 0.220 e. The number of aliphatic hydroxyl groups excluding tert-OH is 5. The van der Waals surface area contributed by atoms with Gasteiger partial charge in [-0.25, -0.2) is 0 Å². The lowest BCUT2D eigenvalue weighted by Gasteiger charge is -2.40. The topological polar surface area (TPSA) is 149 Å². The van der Waals surface area contributed by atoms with Gasteiger partial charge in [0.15, 0.2) is 6.29 Å². The molecule has 6 N–H and O–H groups in total. The number of carbonyl (C=O) groups is 1. The summed E-state index contributed by atoms with van der Waals surface area (Å²) in [6, 6.07) is -0.715. The summed E-state index contributed by atoms with van der Waals surface area (Å²) in [5.74, 6) is -0.139. The number of hydrogen-bond donors (Lipinski definition) is 6. The minimum atomic E-state index is -1.55. The molecule has 7 unspecified atom stereocenters. The fraction of sp³-hybridized carbons (Fsp3) is 0.946. The van der Waals surface area contributed by atoms with Crippen molar-refractivity contribution in [3.8, 4) is 0 Å². The van der Waals surface area contributed by atoms with Crippen molar-refractivity contribution >= 4 is 5.91 Å². The van der Waals surface area contributed by atoms with Crippen LogP contribution in [0.25, 0.3) is 0 Å². The third-order valence-electron chi connectivity index (χ3n) is 13.9. The number of hydrogen-bond acceptors (Lipinski definition) is 8. The molecule has 0 aromatic rings. The van der Waals surface area contributed by atoms with Gasteiger partial charge in [-0.05, 0) is 38.5 Å². The summed E-state index contributed by atoms with van der Waals surface area (Å²) in [4.78, 5) is 13.1. The van der Waals surface area contributed by atoms with Gasteiger partial charge >= 0.3 is 0 Å². The average Bonchev–Trinajstić information content (AvgIpc) is 3.31. The Hall–Kier alpha value is -1.07. The summed E-state index contributed by atoms with van der Waals surface area (Å²) in [5.41, 5.74) is 0. The van der Waals surface area contributed by atoms with Crippen molar-refractivity contribution < 1.29 is 39.8 Å². The van der Waals surface area contributed by atoms with Crippen LogP contribution in [0.1, 0.15) is 284 Å². The van der Waals surface area contributed by atoms with Crippen molar-refractivity contribution in [1.82, 2.24) is 5.32 Å². The molecule has 1 aliphatic heterocycles. The Balaban J connectivity index is 2.16. The second kappa shape index (κ2) is 46.6. The first-order chi connectivity index (χ1) is 31.8. The van der Waals surface area contributed by atoms with Gasteiger partial charge in [-0.2, -0.15) is 0 Å². The summed E-state index contributed by atoms with van der Waals surface area (Å²) in [7, 11) is 0. The third-order valence-corrected chi connectivity index (χ3v) is 13.9. The van der Waals surface area contributed by atoms with Crippen LogP contribution in [0.2, 0.25) is 0 Å². The van der Waals surface area contributed by atoms with Gasteiger partial charge in [0, 0.05) is 6.42 Å². The first-order valence-corrected chi connectivity index (χ1v) is 28.4. The van der Waals surface area contributed by atoms with Crippen LogP contribution in [0.4, 0.5) is 0 Å². The van der Waals surface area contributed by atoms with Gasteiger partial charge < -0.3 is 40.3 Å². The number of carbonyl (C=O) groups excluding carboxylic acids is 1. The molecular weight excluding hydrogens is 815 g/mol. The zero-order valence-corrected chi connectivity index (χ0v) is 42.8. The number of rotatable bonds is 49. The highest BCUT2D eigenvalue weighted by molar-refractivity contribution is 5.76. The first-order valence-electron chi connectivity index (χ1n) is 28.4. The van der Waals surface area contributed by atoms with Crippen molar-refractivity contribution in [2.75, 3.05) is 13.2 Å². The number of unbranched alkanes of at least 4 members (excludes halogenated alkanes) is 37. The van der Waals surface area contributed by atoms with E-state index in [-0.39, 0.29) is 12.5 Å². The maximum atomic E-state index is 13.1. The molecule has 9 heteroatoms. The van der Waals surface area contributed by atoms with Gasteiger partial charge in [0.1, 0.15) is 24.4 Å². The Morgan fingerprint density at radius 2 is 0.862 bits per heavy atom. The van der Waals surface area contributed by atoms with Gasteiger partial charge in [-0.15, -0.1) is 0 Å². The summed E-state index contributed by atoms with van der Waals surface area (Å²) in [5, 5.41) is 54.6. The van der Waals surface area contributed by atoms with E-state index in [1.807, 2.05) is 0 Å². The van der Waals surface area contributed by atoms with E-state index in [2.05, 4.69) is 31.3 Å². The maximum absolute atomic E-state index is 13.1. The Morgan fingerprint density at radius 3 is 1.25 bits per heavy atom. The molecule has 0 radical (unpaired) electrons. The minimum absolute atomic E-state index is 0.133. The van der Waals surface area contributed by atoms with E-state index in [1.165, 1.54) is 218 Å². The molecule has 0 bridgehead atoms. The highest BCUT2D eigenvalue weighted by Gasteiger charge is 2.44. The molecule has 65 heavy (non-hydrogen) atoms. The average molecular weight is 924 g/mol. The van der Waals surface area contributed by atoms with Gasteiger partial charge in [0.2, 0.25) is 5.91 Å². The molecule has 1 amide bonds. The molecule has 0 aliphatic carbocycles. The van der Waals surface area contributed by atoms with E-state index in [4.69, 9.17) is 9.47 Å². The summed E-state index contributed by atoms with van der Waals surface area (Å²) in [6.07, 6.45) is 49.5. The molecule has 1 heterocycles. The largest absolute Gasteiger partial charge is 0.394 e. The Labute approximate surface area is 401 Å². The predicted octanol–water partition coefficient (Wildman–Crippen LogP) is 13.6. The molecule has 1 fully saturated rings. The second-order valence-electron chi connectivity index (χ2n) is 20.1. The lowest BCUT2D eigenvalue weighted by Crippen LogP contribution is -2.60. The van der Waals surface area contributed by atoms with E-state index in [9.17, 15) is 30.3 Å². The SMILES string of the molecule is CCCCCCCCCC/C=C\CCCCCCCCCCCCCCCCCC(=O)NC(COC1OC(CO)C(O)C(O)C1O)C(O)CCCCCCCCCCCCCCCCC. The molecule has 7 atom stereocenters. The molecule has 0 saturated carbocycles. The van der Waals surface area contributed by atoms with Crippen molar-refractivity contribution in [3.05, 3.63) is 12.2 Å². The van der Waals surface area contributed by atoms with Crippen LogP contribution in [0.15, 0.2) is 12.2 Å². The molecule has 1 rings (SSSR count). The van der Waals surface area contributed by atoms with Crippen LogP contribution in [0.3, 0.4) is 0 Å². The summed E-state index contributed by atoms with van der Waals surface area (Å²) < 4.78 is 11.3.